The molecule has 1 aromatic carbocycles. The Kier molecular flexibility index (Phi) is 3.44. The molecule has 1 rings (SSSR count). The second-order valence-electron chi connectivity index (χ2n) is 2.56. The molecular weight excluding hydrogens is 164 g/mol. The van der Waals surface area contributed by atoms with Crippen LogP contribution in [0.25, 0.3) is 0 Å². The Morgan fingerprint density at radius 2 is 2.15 bits per heavy atom. The van der Waals surface area contributed by atoms with Crippen LogP contribution in [0, 0.1) is 11.3 Å². The highest BCUT2D eigenvalue weighted by molar-refractivity contribution is 5.34. The third-order valence-electron chi connectivity index (χ3n) is 1.60. The van der Waals surface area contributed by atoms with Gasteiger partial charge in [0, 0.05) is 0 Å². The zero-order valence-corrected chi connectivity index (χ0v) is 7.03. The van der Waals surface area contributed by atoms with Crippen LogP contribution in [0.3, 0.4) is 0 Å². The Labute approximate surface area is 76.3 Å². The number of carbonyl (C=O) groups excluding carboxylic acids is 1. The van der Waals surface area contributed by atoms with Crippen molar-refractivity contribution < 1.29 is 4.79 Å². The van der Waals surface area contributed by atoms with Crippen molar-refractivity contribution in [2.24, 2.45) is 4.99 Å². The molecule has 0 aliphatic rings. The van der Waals surface area contributed by atoms with Crippen LogP contribution in [-0.4, -0.2) is 6.08 Å². The quantitative estimate of drug-likeness (QED) is 0.513. The molecular formula is C10H8N2O. The van der Waals surface area contributed by atoms with E-state index in [-0.39, 0.29) is 0 Å². The first-order valence-corrected chi connectivity index (χ1v) is 3.85. The molecule has 0 fully saturated rings. The van der Waals surface area contributed by atoms with E-state index in [1.165, 1.54) is 6.08 Å². The van der Waals surface area contributed by atoms with Gasteiger partial charge in [0.15, 0.2) is 0 Å². The number of isocyanates is 1. The molecule has 0 heterocycles. The van der Waals surface area contributed by atoms with Crippen LogP contribution in [-0.2, 0) is 17.8 Å². The predicted octanol–water partition coefficient (Wildman–Crippen LogP) is 1.59. The smallest absolute Gasteiger partial charge is 0.211 e. The molecule has 0 saturated heterocycles. The molecule has 0 bridgehead atoms. The first-order chi connectivity index (χ1) is 6.36. The maximum Gasteiger partial charge on any atom is 0.235 e. The van der Waals surface area contributed by atoms with Crippen molar-refractivity contribution in [3.63, 3.8) is 0 Å². The van der Waals surface area contributed by atoms with Crippen LogP contribution < -0.4 is 0 Å². The zero-order chi connectivity index (χ0) is 9.52. The third-order valence-corrected chi connectivity index (χ3v) is 1.60. The second-order valence-corrected chi connectivity index (χ2v) is 2.56. The molecule has 0 atom stereocenters. The van der Waals surface area contributed by atoms with Crippen LogP contribution in [0.5, 0.6) is 0 Å². The van der Waals surface area contributed by atoms with Crippen molar-refractivity contribution in [2.45, 2.75) is 13.0 Å². The first-order valence-electron chi connectivity index (χ1n) is 3.85. The number of hydrogen-bond donors (Lipinski definition) is 0. The van der Waals surface area contributed by atoms with Gasteiger partial charge in [-0.2, -0.15) is 5.26 Å². The number of nitrogens with zero attached hydrogens (tertiary/aromatic N) is 2. The summed E-state index contributed by atoms with van der Waals surface area (Å²) in [5.41, 5.74) is 1.87. The highest BCUT2D eigenvalue weighted by Crippen LogP contribution is 2.06. The summed E-state index contributed by atoms with van der Waals surface area (Å²) in [5.74, 6) is 0. The van der Waals surface area contributed by atoms with E-state index in [4.69, 9.17) is 5.26 Å². The van der Waals surface area contributed by atoms with Crippen LogP contribution in [0.2, 0.25) is 0 Å². The van der Waals surface area contributed by atoms with Crippen molar-refractivity contribution in [1.29, 1.82) is 5.26 Å². The van der Waals surface area contributed by atoms with Gasteiger partial charge in [0.25, 0.3) is 0 Å². The lowest BCUT2D eigenvalue weighted by atomic mass is 10.1. The van der Waals surface area contributed by atoms with Gasteiger partial charge in [-0.05, 0) is 11.1 Å². The maximum atomic E-state index is 9.84. The van der Waals surface area contributed by atoms with Gasteiger partial charge in [-0.1, -0.05) is 24.3 Å². The number of nitriles is 1. The predicted molar refractivity (Wildman–Crippen MR) is 47.6 cm³/mol. The van der Waals surface area contributed by atoms with Gasteiger partial charge in [0.1, 0.15) is 0 Å². The first kappa shape index (κ1) is 9.18. The van der Waals surface area contributed by atoms with Crippen LogP contribution in [0.1, 0.15) is 11.1 Å². The van der Waals surface area contributed by atoms with E-state index in [1.807, 2.05) is 24.3 Å². The SMILES string of the molecule is N#CCc1cccc(CN=C=O)c1. The molecule has 3 nitrogen and oxygen atoms in total. The van der Waals surface area contributed by atoms with E-state index >= 15 is 0 Å². The molecule has 0 aliphatic heterocycles. The fourth-order valence-electron chi connectivity index (χ4n) is 1.05. The standard InChI is InChI=1S/C10H8N2O/c11-5-4-9-2-1-3-10(6-9)7-12-8-13/h1-3,6H,4,7H2. The summed E-state index contributed by atoms with van der Waals surface area (Å²) in [6.07, 6.45) is 1.87. The summed E-state index contributed by atoms with van der Waals surface area (Å²) in [6.45, 7) is 0.336. The largest absolute Gasteiger partial charge is 0.235 e. The van der Waals surface area contributed by atoms with Gasteiger partial charge in [-0.25, -0.2) is 9.79 Å². The molecule has 13 heavy (non-hydrogen) atoms. The van der Waals surface area contributed by atoms with Gasteiger partial charge >= 0.3 is 0 Å². The summed E-state index contributed by atoms with van der Waals surface area (Å²) in [4.78, 5) is 13.3. The van der Waals surface area contributed by atoms with Gasteiger partial charge in [0.2, 0.25) is 6.08 Å². The summed E-state index contributed by atoms with van der Waals surface area (Å²) < 4.78 is 0. The van der Waals surface area contributed by atoms with Crippen molar-refractivity contribution in [3.05, 3.63) is 35.4 Å². The zero-order valence-electron chi connectivity index (χ0n) is 7.03. The number of hydrogen-bond acceptors (Lipinski definition) is 3. The molecule has 0 spiro atoms. The topological polar surface area (TPSA) is 53.2 Å². The fraction of sp³-hybridized carbons (Fsp3) is 0.200. The van der Waals surface area contributed by atoms with Gasteiger partial charge in [0.05, 0.1) is 19.0 Å². The fourth-order valence-corrected chi connectivity index (χ4v) is 1.05. The van der Waals surface area contributed by atoms with Crippen molar-refractivity contribution in [2.75, 3.05) is 0 Å². The monoisotopic (exact) mass is 172 g/mol. The minimum atomic E-state index is 0.336. The average Bonchev–Trinajstić information content (AvgIpc) is 2.16. The Bertz CT molecular complexity index is 373. The Morgan fingerprint density at radius 3 is 2.85 bits per heavy atom. The highest BCUT2D eigenvalue weighted by atomic mass is 16.1. The molecule has 64 valence electrons. The molecule has 1 aromatic rings. The normalized spacial score (nSPS) is 8.54. The second kappa shape index (κ2) is 4.87. The van der Waals surface area contributed by atoms with Crippen molar-refractivity contribution >= 4 is 6.08 Å². The molecule has 0 amide bonds. The summed E-state index contributed by atoms with van der Waals surface area (Å²) in [5, 5.41) is 8.45. The number of benzene rings is 1. The van der Waals surface area contributed by atoms with E-state index in [9.17, 15) is 4.79 Å². The summed E-state index contributed by atoms with van der Waals surface area (Å²) in [7, 11) is 0. The maximum absolute atomic E-state index is 9.84. The van der Waals surface area contributed by atoms with Crippen LogP contribution in [0.15, 0.2) is 29.3 Å². The average molecular weight is 172 g/mol. The molecule has 0 N–H and O–H groups in total. The molecule has 0 saturated carbocycles. The lowest BCUT2D eigenvalue weighted by molar-refractivity contribution is 0.563. The van der Waals surface area contributed by atoms with E-state index < -0.39 is 0 Å². The van der Waals surface area contributed by atoms with E-state index in [1.54, 1.807) is 0 Å². The van der Waals surface area contributed by atoms with E-state index in [0.29, 0.717) is 13.0 Å². The lowest BCUT2D eigenvalue weighted by Crippen LogP contribution is -1.85. The molecule has 0 radical (unpaired) electrons. The summed E-state index contributed by atoms with van der Waals surface area (Å²) in [6, 6.07) is 9.51. The van der Waals surface area contributed by atoms with E-state index in [0.717, 1.165) is 11.1 Å². The van der Waals surface area contributed by atoms with Gasteiger partial charge in [-0.15, -0.1) is 0 Å². The summed E-state index contributed by atoms with van der Waals surface area (Å²) >= 11 is 0. The van der Waals surface area contributed by atoms with Crippen molar-refractivity contribution in [1.82, 2.24) is 0 Å². The Morgan fingerprint density at radius 1 is 1.38 bits per heavy atom. The molecule has 3 heteroatoms. The van der Waals surface area contributed by atoms with E-state index in [2.05, 4.69) is 11.1 Å². The molecule has 0 aliphatic carbocycles. The third kappa shape index (κ3) is 2.90. The minimum absolute atomic E-state index is 0.336. The van der Waals surface area contributed by atoms with Gasteiger partial charge < -0.3 is 0 Å². The van der Waals surface area contributed by atoms with Crippen LogP contribution in [0.4, 0.5) is 0 Å². The number of rotatable bonds is 3. The molecule has 0 unspecified atom stereocenters. The van der Waals surface area contributed by atoms with Gasteiger partial charge in [-0.3, -0.25) is 0 Å². The lowest BCUT2D eigenvalue weighted by Gasteiger charge is -1.97. The molecule has 0 aromatic heterocycles. The Balaban J connectivity index is 2.79. The Hall–Kier alpha value is -1.91. The van der Waals surface area contributed by atoms with Crippen LogP contribution >= 0.6 is 0 Å². The minimum Gasteiger partial charge on any atom is -0.211 e. The highest BCUT2D eigenvalue weighted by Gasteiger charge is 1.94. The number of aliphatic imine (C=N–C) groups is 1. The van der Waals surface area contributed by atoms with Crippen molar-refractivity contribution in [3.8, 4) is 6.07 Å².